The highest BCUT2D eigenvalue weighted by Crippen LogP contribution is 2.26. The summed E-state index contributed by atoms with van der Waals surface area (Å²) < 4.78 is 18.1. The second-order valence-electron chi connectivity index (χ2n) is 4.02. The lowest BCUT2D eigenvalue weighted by Gasteiger charge is -2.19. The Morgan fingerprint density at radius 3 is 2.88 bits per heavy atom. The van der Waals surface area contributed by atoms with Gasteiger partial charge >= 0.3 is 0 Å². The summed E-state index contributed by atoms with van der Waals surface area (Å²) in [5, 5.41) is 18.7. The van der Waals surface area contributed by atoms with Crippen molar-refractivity contribution in [3.63, 3.8) is 0 Å². The zero-order valence-electron chi connectivity index (χ0n) is 9.43. The quantitative estimate of drug-likeness (QED) is 0.828. The maximum absolute atomic E-state index is 13.0. The Labute approximate surface area is 98.8 Å². The van der Waals surface area contributed by atoms with E-state index >= 15 is 0 Å². The number of hydrogen-bond donors (Lipinski definition) is 1. The molecule has 0 bridgehead atoms. The van der Waals surface area contributed by atoms with E-state index in [4.69, 9.17) is 10.00 Å². The number of nitriles is 1. The van der Waals surface area contributed by atoms with Crippen LogP contribution in [0.25, 0.3) is 0 Å². The molecule has 1 fully saturated rings. The topological polar surface area (TPSA) is 56.5 Å². The lowest BCUT2D eigenvalue weighted by molar-refractivity contribution is 0.0217. The van der Waals surface area contributed by atoms with Crippen molar-refractivity contribution in [2.24, 2.45) is 0 Å². The molecule has 1 heterocycles. The number of benzene rings is 1. The summed E-state index contributed by atoms with van der Waals surface area (Å²) >= 11 is 0. The van der Waals surface area contributed by atoms with Crippen LogP contribution < -0.4 is 4.90 Å². The Morgan fingerprint density at radius 1 is 1.53 bits per heavy atom. The van der Waals surface area contributed by atoms with Crippen molar-refractivity contribution >= 4 is 5.69 Å². The zero-order valence-corrected chi connectivity index (χ0v) is 9.43. The first-order chi connectivity index (χ1) is 8.15. The van der Waals surface area contributed by atoms with Crippen molar-refractivity contribution in [3.8, 4) is 6.07 Å². The molecule has 0 amide bonds. The van der Waals surface area contributed by atoms with E-state index < -0.39 is 11.9 Å². The number of aliphatic hydroxyl groups excluding tert-OH is 1. The van der Waals surface area contributed by atoms with Crippen LogP contribution in [0.3, 0.4) is 0 Å². The smallest absolute Gasteiger partial charge is 0.124 e. The fourth-order valence-corrected chi connectivity index (χ4v) is 2.06. The molecule has 4 nitrogen and oxygen atoms in total. The number of halogens is 1. The predicted octanol–water partition coefficient (Wildman–Crippen LogP) is 0.893. The van der Waals surface area contributed by atoms with Crippen molar-refractivity contribution in [1.82, 2.24) is 0 Å². The minimum Gasteiger partial charge on any atom is -0.388 e. The number of ether oxygens (including phenoxy) is 1. The second-order valence-corrected chi connectivity index (χ2v) is 4.02. The van der Waals surface area contributed by atoms with E-state index in [9.17, 15) is 9.50 Å². The Balaban J connectivity index is 2.27. The van der Waals surface area contributed by atoms with Gasteiger partial charge in [0.25, 0.3) is 0 Å². The Kier molecular flexibility index (Phi) is 3.27. The minimum atomic E-state index is -0.586. The van der Waals surface area contributed by atoms with Crippen molar-refractivity contribution in [3.05, 3.63) is 29.6 Å². The van der Waals surface area contributed by atoms with E-state index in [1.807, 2.05) is 11.0 Å². The fourth-order valence-electron chi connectivity index (χ4n) is 2.06. The molecule has 0 saturated carbocycles. The first kappa shape index (κ1) is 11.8. The first-order valence-electron chi connectivity index (χ1n) is 5.31. The molecule has 5 heteroatoms. The SMILES string of the molecule is CO[C@@H]1CN(c2ccc(F)cc2C#N)C[C@H]1O. The molecule has 1 saturated heterocycles. The Hall–Kier alpha value is -1.64. The highest BCUT2D eigenvalue weighted by atomic mass is 19.1. The second kappa shape index (κ2) is 4.70. The van der Waals surface area contributed by atoms with Gasteiger partial charge in [-0.25, -0.2) is 4.39 Å². The lowest BCUT2D eigenvalue weighted by Crippen LogP contribution is -2.25. The molecule has 1 aliphatic heterocycles. The molecule has 0 aromatic heterocycles. The summed E-state index contributed by atoms with van der Waals surface area (Å²) in [6.45, 7) is 0.886. The highest BCUT2D eigenvalue weighted by Gasteiger charge is 2.32. The van der Waals surface area contributed by atoms with Crippen LogP contribution in [0.2, 0.25) is 0 Å². The van der Waals surface area contributed by atoms with Crippen LogP contribution in [-0.2, 0) is 4.74 Å². The summed E-state index contributed by atoms with van der Waals surface area (Å²) in [4.78, 5) is 1.83. The summed E-state index contributed by atoms with van der Waals surface area (Å²) in [7, 11) is 1.53. The van der Waals surface area contributed by atoms with Gasteiger partial charge in [0.1, 0.15) is 18.0 Å². The van der Waals surface area contributed by atoms with Gasteiger partial charge in [0.15, 0.2) is 0 Å². The maximum Gasteiger partial charge on any atom is 0.124 e. The Bertz CT molecular complexity index is 458. The summed E-state index contributed by atoms with van der Waals surface area (Å²) in [5.41, 5.74) is 0.904. The number of nitrogens with zero attached hydrogens (tertiary/aromatic N) is 2. The van der Waals surface area contributed by atoms with Gasteiger partial charge in [0.05, 0.1) is 17.4 Å². The fraction of sp³-hybridized carbons (Fsp3) is 0.417. The lowest BCUT2D eigenvalue weighted by atomic mass is 10.1. The Morgan fingerprint density at radius 2 is 2.29 bits per heavy atom. The van der Waals surface area contributed by atoms with Gasteiger partial charge in [0.2, 0.25) is 0 Å². The van der Waals surface area contributed by atoms with Gasteiger partial charge in [-0.3, -0.25) is 0 Å². The summed E-state index contributed by atoms with van der Waals surface area (Å²) in [6.07, 6.45) is -0.858. The molecule has 1 aromatic rings. The zero-order chi connectivity index (χ0) is 12.4. The van der Waals surface area contributed by atoms with E-state index in [2.05, 4.69) is 0 Å². The number of rotatable bonds is 2. The van der Waals surface area contributed by atoms with Crippen molar-refractivity contribution < 1.29 is 14.2 Å². The van der Waals surface area contributed by atoms with Crippen LogP contribution in [-0.4, -0.2) is 37.5 Å². The van der Waals surface area contributed by atoms with Crippen LogP contribution >= 0.6 is 0 Å². The van der Waals surface area contributed by atoms with Crippen LogP contribution in [0.15, 0.2) is 18.2 Å². The van der Waals surface area contributed by atoms with Gasteiger partial charge in [-0.1, -0.05) is 0 Å². The molecule has 2 rings (SSSR count). The molecule has 2 atom stereocenters. The third-order valence-corrected chi connectivity index (χ3v) is 2.96. The number of β-amino-alcohol motifs (C(OH)–C–C–N with tert-alkyl or cyclic N) is 1. The monoisotopic (exact) mass is 236 g/mol. The normalized spacial score (nSPS) is 23.8. The number of aliphatic hydroxyl groups is 1. The van der Waals surface area contributed by atoms with Gasteiger partial charge in [-0.2, -0.15) is 5.26 Å². The van der Waals surface area contributed by atoms with Crippen molar-refractivity contribution in [2.75, 3.05) is 25.1 Å². The largest absolute Gasteiger partial charge is 0.388 e. The third-order valence-electron chi connectivity index (χ3n) is 2.96. The first-order valence-corrected chi connectivity index (χ1v) is 5.31. The van der Waals surface area contributed by atoms with Gasteiger partial charge in [0, 0.05) is 20.2 Å². The van der Waals surface area contributed by atoms with E-state index in [1.165, 1.54) is 19.2 Å². The molecule has 0 unspecified atom stereocenters. The minimum absolute atomic E-state index is 0.272. The maximum atomic E-state index is 13.0. The molecule has 1 aliphatic rings. The van der Waals surface area contributed by atoms with Gasteiger partial charge in [-0.15, -0.1) is 0 Å². The number of methoxy groups -OCH3 is 1. The standard InChI is InChI=1S/C12H13FN2O2/c1-17-12-7-15(6-11(12)16)10-3-2-9(13)4-8(10)5-14/h2-4,11-12,16H,6-7H2,1H3/t11-,12-/m1/s1. The molecule has 1 aromatic carbocycles. The van der Waals surface area contributed by atoms with Crippen LogP contribution in [0.4, 0.5) is 10.1 Å². The molecule has 17 heavy (non-hydrogen) atoms. The molecule has 0 spiro atoms. The van der Waals surface area contributed by atoms with E-state index in [-0.39, 0.29) is 11.7 Å². The molecule has 1 N–H and O–H groups in total. The van der Waals surface area contributed by atoms with E-state index in [0.29, 0.717) is 18.8 Å². The number of anilines is 1. The van der Waals surface area contributed by atoms with Crippen LogP contribution in [0.5, 0.6) is 0 Å². The predicted molar refractivity (Wildman–Crippen MR) is 60.1 cm³/mol. The van der Waals surface area contributed by atoms with Crippen LogP contribution in [0.1, 0.15) is 5.56 Å². The highest BCUT2D eigenvalue weighted by molar-refractivity contribution is 5.60. The van der Waals surface area contributed by atoms with Crippen LogP contribution in [0, 0.1) is 17.1 Å². The van der Waals surface area contributed by atoms with Gasteiger partial charge in [-0.05, 0) is 18.2 Å². The molecule has 0 radical (unpaired) electrons. The summed E-state index contributed by atoms with van der Waals surface area (Å²) in [6, 6.07) is 6.02. The average molecular weight is 236 g/mol. The number of hydrogen-bond acceptors (Lipinski definition) is 4. The third kappa shape index (κ3) is 2.23. The molecular weight excluding hydrogens is 223 g/mol. The van der Waals surface area contributed by atoms with E-state index in [0.717, 1.165) is 0 Å². The van der Waals surface area contributed by atoms with E-state index in [1.54, 1.807) is 6.07 Å². The summed E-state index contributed by atoms with van der Waals surface area (Å²) in [5.74, 6) is -0.437. The van der Waals surface area contributed by atoms with Gasteiger partial charge < -0.3 is 14.7 Å². The molecule has 0 aliphatic carbocycles. The average Bonchev–Trinajstić information content (AvgIpc) is 2.70. The molecular formula is C12H13FN2O2. The molecule has 90 valence electrons. The van der Waals surface area contributed by atoms with Crippen molar-refractivity contribution in [2.45, 2.75) is 12.2 Å². The van der Waals surface area contributed by atoms with Crippen molar-refractivity contribution in [1.29, 1.82) is 5.26 Å².